The van der Waals surface area contributed by atoms with Gasteiger partial charge in [0.05, 0.1) is 17.6 Å². The van der Waals surface area contributed by atoms with Gasteiger partial charge >= 0.3 is 0 Å². The average molecular weight is 407 g/mol. The second kappa shape index (κ2) is 7.42. The molecule has 0 aliphatic carbocycles. The fourth-order valence-electron chi connectivity index (χ4n) is 3.83. The summed E-state index contributed by atoms with van der Waals surface area (Å²) >= 11 is 0. The smallest absolute Gasteiger partial charge is 0.264 e. The third kappa shape index (κ3) is 3.26. The van der Waals surface area contributed by atoms with E-state index in [1.54, 1.807) is 43.8 Å². The van der Waals surface area contributed by atoms with E-state index in [0.29, 0.717) is 34.2 Å². The first kappa shape index (κ1) is 18.6. The van der Waals surface area contributed by atoms with Crippen LogP contribution < -0.4 is 15.0 Å². The quantitative estimate of drug-likeness (QED) is 0.716. The lowest BCUT2D eigenvalue weighted by molar-refractivity contribution is -0.120. The van der Waals surface area contributed by atoms with Crippen LogP contribution in [-0.2, 0) is 9.53 Å². The summed E-state index contributed by atoms with van der Waals surface area (Å²) in [7, 11) is 1.70. The number of nitrogens with zero attached hydrogens (tertiary/aromatic N) is 4. The van der Waals surface area contributed by atoms with Gasteiger partial charge in [-0.15, -0.1) is 0 Å². The largest absolute Gasteiger partial charge is 0.481 e. The van der Waals surface area contributed by atoms with E-state index in [1.165, 1.54) is 4.90 Å². The maximum atomic E-state index is 12.7. The number of anilines is 2. The maximum absolute atomic E-state index is 12.7. The van der Waals surface area contributed by atoms with Crippen LogP contribution in [0.25, 0.3) is 11.2 Å². The first-order valence-corrected chi connectivity index (χ1v) is 9.85. The second-order valence-electron chi connectivity index (χ2n) is 7.44. The van der Waals surface area contributed by atoms with Crippen molar-refractivity contribution in [3.63, 3.8) is 0 Å². The monoisotopic (exact) mass is 407 g/mol. The molecule has 1 fully saturated rings. The van der Waals surface area contributed by atoms with Gasteiger partial charge in [0, 0.05) is 44.3 Å². The molecule has 2 amide bonds. The fraction of sp³-hybridized carbons (Fsp3) is 0.333. The fourth-order valence-corrected chi connectivity index (χ4v) is 3.83. The standard InChI is InChI=1S/C21H21N5O4/c1-25-17-3-2-14(9-18(17)30-11-19(25)27)24-21(28)13-8-16-20(22-10-13)26(12-23-16)15-4-6-29-7-5-15/h2-3,8-10,12,15H,4-7,11H2,1H3,(H,24,28). The normalized spacial score (nSPS) is 17.0. The number of nitrogens with one attached hydrogen (secondary N) is 1. The summed E-state index contributed by atoms with van der Waals surface area (Å²) in [6, 6.07) is 7.26. The van der Waals surface area contributed by atoms with Crippen molar-refractivity contribution in [1.82, 2.24) is 14.5 Å². The highest BCUT2D eigenvalue weighted by molar-refractivity contribution is 6.06. The van der Waals surface area contributed by atoms with Crippen LogP contribution in [0, 0.1) is 0 Å². The van der Waals surface area contributed by atoms with E-state index in [4.69, 9.17) is 9.47 Å². The number of imidazole rings is 1. The van der Waals surface area contributed by atoms with Gasteiger partial charge in [-0.1, -0.05) is 0 Å². The number of pyridine rings is 1. The molecule has 30 heavy (non-hydrogen) atoms. The molecule has 5 rings (SSSR count). The molecule has 9 nitrogen and oxygen atoms in total. The van der Waals surface area contributed by atoms with Crippen LogP contribution in [0.2, 0.25) is 0 Å². The number of ether oxygens (including phenoxy) is 2. The van der Waals surface area contributed by atoms with Gasteiger partial charge in [0.25, 0.3) is 11.8 Å². The van der Waals surface area contributed by atoms with E-state index in [2.05, 4.69) is 19.9 Å². The topological polar surface area (TPSA) is 98.6 Å². The first-order chi connectivity index (χ1) is 14.6. The summed E-state index contributed by atoms with van der Waals surface area (Å²) in [4.78, 5) is 34.9. The van der Waals surface area contributed by atoms with Gasteiger partial charge in [0.1, 0.15) is 11.3 Å². The predicted octanol–water partition coefficient (Wildman–Crippen LogP) is 2.39. The minimum absolute atomic E-state index is 0.0166. The summed E-state index contributed by atoms with van der Waals surface area (Å²) in [5.41, 5.74) is 3.13. The number of hydrogen-bond acceptors (Lipinski definition) is 6. The number of carbonyl (C=O) groups is 2. The molecule has 0 radical (unpaired) electrons. The van der Waals surface area contributed by atoms with Crippen molar-refractivity contribution in [2.75, 3.05) is 37.1 Å². The molecule has 0 bridgehead atoms. The highest BCUT2D eigenvalue weighted by Crippen LogP contribution is 2.33. The Morgan fingerprint density at radius 1 is 1.20 bits per heavy atom. The van der Waals surface area contributed by atoms with E-state index < -0.39 is 0 Å². The van der Waals surface area contributed by atoms with Crippen LogP contribution in [0.3, 0.4) is 0 Å². The van der Waals surface area contributed by atoms with Crippen LogP contribution in [0.5, 0.6) is 5.75 Å². The summed E-state index contributed by atoms with van der Waals surface area (Å²) in [5, 5.41) is 2.86. The molecule has 2 aliphatic rings. The van der Waals surface area contributed by atoms with Gasteiger partial charge < -0.3 is 24.3 Å². The highest BCUT2D eigenvalue weighted by atomic mass is 16.5. The molecule has 1 saturated heterocycles. The number of rotatable bonds is 3. The van der Waals surface area contributed by atoms with Gasteiger partial charge in [-0.2, -0.15) is 0 Å². The summed E-state index contributed by atoms with van der Waals surface area (Å²) < 4.78 is 13.0. The predicted molar refractivity (Wildman–Crippen MR) is 110 cm³/mol. The van der Waals surface area contributed by atoms with Crippen molar-refractivity contribution in [2.45, 2.75) is 18.9 Å². The van der Waals surface area contributed by atoms with Gasteiger partial charge in [-0.05, 0) is 31.0 Å². The summed E-state index contributed by atoms with van der Waals surface area (Å²) in [6.07, 6.45) is 5.21. The van der Waals surface area contributed by atoms with E-state index >= 15 is 0 Å². The van der Waals surface area contributed by atoms with Crippen LogP contribution in [0.4, 0.5) is 11.4 Å². The van der Waals surface area contributed by atoms with E-state index in [-0.39, 0.29) is 18.4 Å². The van der Waals surface area contributed by atoms with Gasteiger partial charge in [-0.25, -0.2) is 9.97 Å². The lowest BCUT2D eigenvalue weighted by Crippen LogP contribution is -2.35. The molecule has 4 heterocycles. The van der Waals surface area contributed by atoms with Crippen molar-refractivity contribution in [1.29, 1.82) is 0 Å². The lowest BCUT2D eigenvalue weighted by atomic mass is 10.1. The third-order valence-corrected chi connectivity index (χ3v) is 5.56. The number of likely N-dealkylation sites (N-methyl/N-ethyl adjacent to an activating group) is 1. The minimum Gasteiger partial charge on any atom is -0.481 e. The Labute approximate surface area is 172 Å². The van der Waals surface area contributed by atoms with Crippen LogP contribution in [0.15, 0.2) is 36.8 Å². The molecule has 1 N–H and O–H groups in total. The van der Waals surface area contributed by atoms with Crippen molar-refractivity contribution < 1.29 is 19.1 Å². The molecule has 1 aromatic carbocycles. The Kier molecular flexibility index (Phi) is 4.59. The zero-order chi connectivity index (χ0) is 20.7. The zero-order valence-electron chi connectivity index (χ0n) is 16.5. The van der Waals surface area contributed by atoms with Gasteiger partial charge in [0.2, 0.25) is 0 Å². The number of aromatic nitrogens is 3. The van der Waals surface area contributed by atoms with Crippen LogP contribution in [0.1, 0.15) is 29.2 Å². The molecule has 9 heteroatoms. The Balaban J connectivity index is 1.36. The van der Waals surface area contributed by atoms with Crippen LogP contribution in [-0.4, -0.2) is 53.2 Å². The number of carbonyl (C=O) groups excluding carboxylic acids is 2. The van der Waals surface area contributed by atoms with Crippen molar-refractivity contribution in [3.05, 3.63) is 42.4 Å². The SMILES string of the molecule is CN1C(=O)COc2cc(NC(=O)c3cnc4c(c3)ncn4C3CCOCC3)ccc21. The Morgan fingerprint density at radius 3 is 2.87 bits per heavy atom. The van der Waals surface area contributed by atoms with Gasteiger partial charge in [-0.3, -0.25) is 9.59 Å². The lowest BCUT2D eigenvalue weighted by Gasteiger charge is -2.26. The van der Waals surface area contributed by atoms with E-state index in [0.717, 1.165) is 31.7 Å². The highest BCUT2D eigenvalue weighted by Gasteiger charge is 2.23. The van der Waals surface area contributed by atoms with E-state index in [9.17, 15) is 9.59 Å². The zero-order valence-corrected chi connectivity index (χ0v) is 16.5. The molecular weight excluding hydrogens is 386 g/mol. The Bertz CT molecular complexity index is 1140. The summed E-state index contributed by atoms with van der Waals surface area (Å²) in [6.45, 7) is 1.45. The van der Waals surface area contributed by atoms with E-state index in [1.807, 2.05) is 0 Å². The molecule has 0 saturated carbocycles. The molecule has 154 valence electrons. The molecule has 2 aromatic heterocycles. The molecule has 2 aliphatic heterocycles. The maximum Gasteiger partial charge on any atom is 0.264 e. The summed E-state index contributed by atoms with van der Waals surface area (Å²) in [5.74, 6) is 0.155. The number of hydrogen-bond donors (Lipinski definition) is 1. The third-order valence-electron chi connectivity index (χ3n) is 5.56. The number of benzene rings is 1. The average Bonchev–Trinajstić information content (AvgIpc) is 3.20. The van der Waals surface area contributed by atoms with Crippen molar-refractivity contribution >= 4 is 34.4 Å². The second-order valence-corrected chi connectivity index (χ2v) is 7.44. The van der Waals surface area contributed by atoms with Crippen LogP contribution >= 0.6 is 0 Å². The molecule has 0 atom stereocenters. The number of fused-ring (bicyclic) bond motifs is 2. The first-order valence-electron chi connectivity index (χ1n) is 9.85. The van der Waals surface area contributed by atoms with Crippen molar-refractivity contribution in [3.8, 4) is 5.75 Å². The van der Waals surface area contributed by atoms with Gasteiger partial charge in [0.15, 0.2) is 12.3 Å². The molecule has 0 spiro atoms. The Hall–Kier alpha value is -3.46. The minimum atomic E-state index is -0.287. The Morgan fingerprint density at radius 2 is 2.03 bits per heavy atom. The molecular formula is C21H21N5O4. The number of amides is 2. The molecule has 3 aromatic rings. The van der Waals surface area contributed by atoms with Crippen molar-refractivity contribution in [2.24, 2.45) is 0 Å². The molecule has 0 unspecified atom stereocenters.